The predicted molar refractivity (Wildman–Crippen MR) is 145 cm³/mol. The van der Waals surface area contributed by atoms with E-state index >= 15 is 4.39 Å². The number of hydrogen-bond acceptors (Lipinski definition) is 8. The van der Waals surface area contributed by atoms with E-state index in [1.165, 1.54) is 36.8 Å². The van der Waals surface area contributed by atoms with Crippen molar-refractivity contribution in [3.05, 3.63) is 95.4 Å². The molecule has 4 aromatic heterocycles. The Morgan fingerprint density at radius 1 is 1.05 bits per heavy atom. The molecule has 1 saturated heterocycles. The third-order valence-corrected chi connectivity index (χ3v) is 6.84. The van der Waals surface area contributed by atoms with Gasteiger partial charge < -0.3 is 16.0 Å². The van der Waals surface area contributed by atoms with Crippen LogP contribution in [0, 0.1) is 5.82 Å². The zero-order chi connectivity index (χ0) is 27.8. The van der Waals surface area contributed by atoms with E-state index in [0.29, 0.717) is 41.4 Å². The molecule has 1 aliphatic rings. The first-order chi connectivity index (χ1) is 19.4. The Bertz CT molecular complexity index is 1760. The summed E-state index contributed by atoms with van der Waals surface area (Å²) in [6.07, 6.45) is 7.58. The van der Waals surface area contributed by atoms with Crippen molar-refractivity contribution in [3.8, 4) is 11.3 Å². The molecule has 1 atom stereocenters. The highest BCUT2D eigenvalue weighted by Crippen LogP contribution is 2.37. The largest absolute Gasteiger partial charge is 0.382 e. The molecule has 3 N–H and O–H groups in total. The van der Waals surface area contributed by atoms with Crippen molar-refractivity contribution < 1.29 is 14.0 Å². The number of carbonyl (C=O) groups is 2. The number of nitrogen functional groups attached to an aromatic ring is 1. The quantitative estimate of drug-likeness (QED) is 0.306. The Hall–Kier alpha value is -4.97. The molecule has 0 saturated carbocycles. The van der Waals surface area contributed by atoms with Gasteiger partial charge in [0.25, 0.3) is 11.8 Å². The Balaban J connectivity index is 1.37. The van der Waals surface area contributed by atoms with Crippen LogP contribution in [0.3, 0.4) is 0 Å². The van der Waals surface area contributed by atoms with Crippen LogP contribution in [0.25, 0.3) is 16.8 Å². The highest BCUT2D eigenvalue weighted by atomic mass is 35.5. The van der Waals surface area contributed by atoms with Gasteiger partial charge in [-0.25, -0.2) is 29.3 Å². The monoisotopic (exact) mass is 557 g/mol. The molecule has 2 amide bonds. The van der Waals surface area contributed by atoms with Crippen LogP contribution in [0.2, 0.25) is 5.28 Å². The molecule has 0 spiro atoms. The number of fused-ring (bicyclic) bond motifs is 1. The lowest BCUT2D eigenvalue weighted by molar-refractivity contribution is 0.0723. The molecule has 200 valence electrons. The van der Waals surface area contributed by atoms with Gasteiger partial charge in [0.05, 0.1) is 11.6 Å². The number of pyridine rings is 1. The maximum absolute atomic E-state index is 15.2. The van der Waals surface area contributed by atoms with Gasteiger partial charge in [-0.05, 0) is 54.8 Å². The lowest BCUT2D eigenvalue weighted by Crippen LogP contribution is -2.32. The van der Waals surface area contributed by atoms with E-state index < -0.39 is 17.8 Å². The number of amides is 2. The summed E-state index contributed by atoms with van der Waals surface area (Å²) in [5, 5.41) is 2.56. The van der Waals surface area contributed by atoms with Crippen LogP contribution in [0.5, 0.6) is 0 Å². The molecular formula is C27H21ClFN9O2. The van der Waals surface area contributed by atoms with E-state index in [0.717, 1.165) is 6.42 Å². The van der Waals surface area contributed by atoms with Crippen molar-refractivity contribution in [1.82, 2.24) is 34.2 Å². The van der Waals surface area contributed by atoms with Gasteiger partial charge >= 0.3 is 0 Å². The molecule has 6 rings (SSSR count). The van der Waals surface area contributed by atoms with Gasteiger partial charge in [0, 0.05) is 36.9 Å². The first-order valence-electron chi connectivity index (χ1n) is 12.3. The van der Waals surface area contributed by atoms with Crippen LogP contribution in [-0.2, 0) is 0 Å². The maximum Gasteiger partial charge on any atom is 0.273 e. The first kappa shape index (κ1) is 25.3. The maximum atomic E-state index is 15.2. The zero-order valence-corrected chi connectivity index (χ0v) is 21.6. The Kier molecular flexibility index (Phi) is 6.52. The first-order valence-corrected chi connectivity index (χ1v) is 12.7. The highest BCUT2D eigenvalue weighted by molar-refractivity contribution is 6.28. The molecular weight excluding hydrogens is 537 g/mol. The van der Waals surface area contributed by atoms with E-state index in [2.05, 4.69) is 25.3 Å². The fraction of sp³-hybridized carbons (Fsp3) is 0.148. The van der Waals surface area contributed by atoms with Gasteiger partial charge in [0.1, 0.15) is 40.2 Å². The molecule has 0 aliphatic carbocycles. The summed E-state index contributed by atoms with van der Waals surface area (Å²) in [5.74, 6) is -0.644. The summed E-state index contributed by atoms with van der Waals surface area (Å²) in [4.78, 5) is 48.7. The van der Waals surface area contributed by atoms with Crippen LogP contribution >= 0.6 is 11.6 Å². The number of benzene rings is 1. The number of rotatable bonds is 5. The third-order valence-electron chi connectivity index (χ3n) is 6.66. The summed E-state index contributed by atoms with van der Waals surface area (Å²) in [7, 11) is 0. The average Bonchev–Trinajstić information content (AvgIpc) is 3.59. The second-order valence-corrected chi connectivity index (χ2v) is 9.42. The topological polar surface area (TPSA) is 144 Å². The molecule has 5 heterocycles. The number of aromatic nitrogens is 6. The lowest BCUT2D eigenvalue weighted by Gasteiger charge is -2.23. The fourth-order valence-electron chi connectivity index (χ4n) is 4.87. The summed E-state index contributed by atoms with van der Waals surface area (Å²) in [6, 6.07) is 10.3. The normalized spacial score (nSPS) is 14.9. The predicted octanol–water partition coefficient (Wildman–Crippen LogP) is 4.19. The molecule has 1 unspecified atom stereocenters. The van der Waals surface area contributed by atoms with E-state index in [1.807, 2.05) is 0 Å². The van der Waals surface area contributed by atoms with Gasteiger partial charge in [0.15, 0.2) is 0 Å². The van der Waals surface area contributed by atoms with Crippen molar-refractivity contribution in [3.63, 3.8) is 0 Å². The Morgan fingerprint density at radius 2 is 1.93 bits per heavy atom. The molecule has 11 nitrogen and oxygen atoms in total. The van der Waals surface area contributed by atoms with Gasteiger partial charge in [-0.3, -0.25) is 14.0 Å². The molecule has 13 heteroatoms. The van der Waals surface area contributed by atoms with Gasteiger partial charge in [-0.1, -0.05) is 12.1 Å². The number of likely N-dealkylation sites (tertiary alicyclic amines) is 1. The summed E-state index contributed by atoms with van der Waals surface area (Å²) in [6.45, 7) is 0.491. The number of carbonyl (C=O) groups excluding carboxylic acids is 2. The molecule has 0 bridgehead atoms. The minimum atomic E-state index is -0.741. The smallest absolute Gasteiger partial charge is 0.273 e. The number of anilines is 2. The van der Waals surface area contributed by atoms with E-state index in [1.54, 1.807) is 39.8 Å². The second-order valence-electron chi connectivity index (χ2n) is 9.08. The fourth-order valence-corrected chi connectivity index (χ4v) is 5.02. The number of hydrogen-bond donors (Lipinski definition) is 2. The van der Waals surface area contributed by atoms with E-state index in [9.17, 15) is 9.59 Å². The minimum Gasteiger partial charge on any atom is -0.382 e. The SMILES string of the molecule is Nc1nccn2c(C3CCCN3C(=O)c3ccnc(Cl)n3)nc(-c3ccc(C(=O)Nc4ccccn4)c(F)c3)c12. The summed E-state index contributed by atoms with van der Waals surface area (Å²) in [5.41, 5.74) is 7.52. The van der Waals surface area contributed by atoms with Crippen LogP contribution in [0.15, 0.2) is 67.3 Å². The molecule has 1 fully saturated rings. The number of nitrogens with one attached hydrogen (secondary N) is 1. The molecule has 0 radical (unpaired) electrons. The molecule has 1 aliphatic heterocycles. The second kappa shape index (κ2) is 10.3. The van der Waals surface area contributed by atoms with E-state index in [4.69, 9.17) is 22.3 Å². The molecule has 40 heavy (non-hydrogen) atoms. The standard InChI is InChI=1S/C27H21ClFN9O2/c28-27-33-10-8-18(34-27)26(40)37-12-3-4-19(37)24-36-21(22-23(30)32-11-13-38(22)24)15-6-7-16(17(29)14-15)25(39)35-20-5-1-2-9-31-20/h1-2,5-11,13-14,19H,3-4,12H2,(H2,30,32)(H,31,35,39). The average molecular weight is 558 g/mol. The van der Waals surface area contributed by atoms with Gasteiger partial charge in [-0.15, -0.1) is 0 Å². The van der Waals surface area contributed by atoms with Crippen molar-refractivity contribution in [2.75, 3.05) is 17.6 Å². The lowest BCUT2D eigenvalue weighted by atomic mass is 10.1. The van der Waals surface area contributed by atoms with Crippen LogP contribution in [0.4, 0.5) is 16.0 Å². The van der Waals surface area contributed by atoms with Crippen LogP contribution in [-0.4, -0.2) is 52.6 Å². The number of imidazole rings is 1. The number of halogens is 2. The van der Waals surface area contributed by atoms with Gasteiger partial charge in [-0.2, -0.15) is 0 Å². The number of nitrogens with zero attached hydrogens (tertiary/aromatic N) is 7. The number of nitrogens with two attached hydrogens (primary N) is 1. The van der Waals surface area contributed by atoms with Gasteiger partial charge in [0.2, 0.25) is 5.28 Å². The molecule has 5 aromatic rings. The summed E-state index contributed by atoms with van der Waals surface area (Å²) < 4.78 is 17.0. The third kappa shape index (κ3) is 4.58. The minimum absolute atomic E-state index is 0.0202. The summed E-state index contributed by atoms with van der Waals surface area (Å²) >= 11 is 5.91. The highest BCUT2D eigenvalue weighted by Gasteiger charge is 2.35. The van der Waals surface area contributed by atoms with Crippen molar-refractivity contribution in [2.45, 2.75) is 18.9 Å². The van der Waals surface area contributed by atoms with Crippen molar-refractivity contribution in [2.24, 2.45) is 0 Å². The molecule has 1 aromatic carbocycles. The Labute approximate surface area is 231 Å². The van der Waals surface area contributed by atoms with Crippen LogP contribution in [0.1, 0.15) is 45.6 Å². The van der Waals surface area contributed by atoms with Crippen molar-refractivity contribution >= 4 is 40.6 Å². The van der Waals surface area contributed by atoms with E-state index in [-0.39, 0.29) is 28.3 Å². The van der Waals surface area contributed by atoms with Crippen molar-refractivity contribution in [1.29, 1.82) is 0 Å². The van der Waals surface area contributed by atoms with Crippen LogP contribution < -0.4 is 11.1 Å². The zero-order valence-electron chi connectivity index (χ0n) is 20.8. The Morgan fingerprint density at radius 3 is 2.70 bits per heavy atom.